The van der Waals surface area contributed by atoms with Crippen molar-refractivity contribution in [3.8, 4) is 5.75 Å². The lowest BCUT2D eigenvalue weighted by Gasteiger charge is -2.26. The monoisotopic (exact) mass is 459 g/mol. The second-order valence-electron chi connectivity index (χ2n) is 8.71. The van der Waals surface area contributed by atoms with Crippen LogP contribution in [0.1, 0.15) is 38.5 Å². The van der Waals surface area contributed by atoms with Gasteiger partial charge in [0.15, 0.2) is 0 Å². The van der Waals surface area contributed by atoms with Gasteiger partial charge in [-0.1, -0.05) is 32.9 Å². The molecule has 0 bridgehead atoms. The highest BCUT2D eigenvalue weighted by Crippen LogP contribution is 2.24. The van der Waals surface area contributed by atoms with Crippen LogP contribution in [0.25, 0.3) is 0 Å². The molecule has 32 heavy (non-hydrogen) atoms. The maximum atomic E-state index is 13.1. The Balaban J connectivity index is 1.79. The van der Waals surface area contributed by atoms with Crippen molar-refractivity contribution in [2.45, 2.75) is 45.2 Å². The van der Waals surface area contributed by atoms with Gasteiger partial charge in [-0.2, -0.15) is 8.42 Å². The Bertz CT molecular complexity index is 1150. The van der Waals surface area contributed by atoms with Gasteiger partial charge >= 0.3 is 10.1 Å². The first-order chi connectivity index (χ1) is 15.0. The molecule has 0 aliphatic rings. The molecule has 0 saturated heterocycles. The average Bonchev–Trinajstić information content (AvgIpc) is 3.19. The lowest BCUT2D eigenvalue weighted by atomic mass is 9.91. The molecule has 0 fully saturated rings. The molecule has 8 heteroatoms. The third kappa shape index (κ3) is 6.68. The largest absolute Gasteiger partial charge is 0.467 e. The number of hydrogen-bond acceptors (Lipinski definition) is 5. The molecule has 0 aliphatic heterocycles. The first kappa shape index (κ1) is 23.5. The van der Waals surface area contributed by atoms with Gasteiger partial charge < -0.3 is 13.5 Å². The van der Waals surface area contributed by atoms with Gasteiger partial charge in [0.1, 0.15) is 22.2 Å². The summed E-state index contributed by atoms with van der Waals surface area (Å²) >= 11 is 0. The molecule has 1 heterocycles. The van der Waals surface area contributed by atoms with Gasteiger partial charge in [0.25, 0.3) is 0 Å². The highest BCUT2D eigenvalue weighted by molar-refractivity contribution is 7.87. The van der Waals surface area contributed by atoms with E-state index in [1.807, 2.05) is 20.8 Å². The van der Waals surface area contributed by atoms with Crippen molar-refractivity contribution in [2.24, 2.45) is 5.41 Å². The van der Waals surface area contributed by atoms with Gasteiger partial charge in [-0.15, -0.1) is 0 Å². The maximum Gasteiger partial charge on any atom is 0.339 e. The van der Waals surface area contributed by atoms with E-state index in [-0.39, 0.29) is 28.5 Å². The second-order valence-corrected chi connectivity index (χ2v) is 10.3. The third-order valence-electron chi connectivity index (χ3n) is 4.54. The summed E-state index contributed by atoms with van der Waals surface area (Å²) in [5, 5.41) is 0. The first-order valence-electron chi connectivity index (χ1n) is 10.1. The number of rotatable bonds is 8. The molecule has 1 amide bonds. The van der Waals surface area contributed by atoms with E-state index in [9.17, 15) is 17.6 Å². The van der Waals surface area contributed by atoms with E-state index in [2.05, 4.69) is 0 Å². The topological polar surface area (TPSA) is 76.8 Å². The fraction of sp³-hybridized carbons (Fsp3) is 0.292. The van der Waals surface area contributed by atoms with Crippen molar-refractivity contribution >= 4 is 16.0 Å². The van der Waals surface area contributed by atoms with Crippen LogP contribution >= 0.6 is 0 Å². The van der Waals surface area contributed by atoms with Gasteiger partial charge in [-0.25, -0.2) is 4.39 Å². The first-order valence-corrected chi connectivity index (χ1v) is 11.5. The predicted octanol–water partition coefficient (Wildman–Crippen LogP) is 5.15. The normalized spacial score (nSPS) is 11.9. The van der Waals surface area contributed by atoms with E-state index >= 15 is 0 Å². The molecule has 0 spiro atoms. The molecule has 1 aromatic heterocycles. The van der Waals surface area contributed by atoms with Crippen molar-refractivity contribution in [3.05, 3.63) is 84.1 Å². The van der Waals surface area contributed by atoms with Crippen LogP contribution in [0.2, 0.25) is 0 Å². The summed E-state index contributed by atoms with van der Waals surface area (Å²) in [7, 11) is -4.12. The molecule has 2 aromatic carbocycles. The van der Waals surface area contributed by atoms with Gasteiger partial charge in [0.05, 0.1) is 12.8 Å². The van der Waals surface area contributed by atoms with Gasteiger partial charge in [0.2, 0.25) is 5.91 Å². The molecular formula is C24H26FNO5S. The number of amides is 1. The summed E-state index contributed by atoms with van der Waals surface area (Å²) in [4.78, 5) is 14.5. The Morgan fingerprint density at radius 2 is 1.75 bits per heavy atom. The highest BCUT2D eigenvalue weighted by Gasteiger charge is 2.23. The van der Waals surface area contributed by atoms with E-state index in [1.165, 1.54) is 6.07 Å². The molecule has 0 unspecified atom stereocenters. The van der Waals surface area contributed by atoms with Crippen LogP contribution in [0.4, 0.5) is 4.39 Å². The van der Waals surface area contributed by atoms with Crippen LogP contribution in [-0.2, 0) is 28.0 Å². The van der Waals surface area contributed by atoms with E-state index in [0.717, 1.165) is 24.3 Å². The molecule has 0 atom stereocenters. The maximum absolute atomic E-state index is 13.1. The number of hydrogen-bond donors (Lipinski definition) is 0. The summed E-state index contributed by atoms with van der Waals surface area (Å²) < 4.78 is 48.7. The van der Waals surface area contributed by atoms with Crippen molar-refractivity contribution in [1.82, 2.24) is 4.90 Å². The standard InChI is InChI=1S/C24H26FNO5S/c1-24(2,3)15-23(27)26(17-21-8-5-13-30-21)16-18-6-4-7-20(14-18)31-32(28,29)22-11-9-19(25)10-12-22/h4-14H,15-17H2,1-3H3. The number of nitrogens with zero attached hydrogens (tertiary/aromatic N) is 1. The van der Waals surface area contributed by atoms with Gasteiger partial charge in [-0.05, 0) is 59.5 Å². The number of furan rings is 1. The van der Waals surface area contributed by atoms with Crippen LogP contribution in [-0.4, -0.2) is 19.2 Å². The minimum absolute atomic E-state index is 0.0424. The Hall–Kier alpha value is -3.13. The highest BCUT2D eigenvalue weighted by atomic mass is 32.2. The minimum Gasteiger partial charge on any atom is -0.467 e. The van der Waals surface area contributed by atoms with E-state index in [4.69, 9.17) is 8.60 Å². The zero-order valence-corrected chi connectivity index (χ0v) is 19.1. The molecule has 0 N–H and O–H groups in total. The smallest absolute Gasteiger partial charge is 0.339 e. The van der Waals surface area contributed by atoms with Gasteiger partial charge in [0, 0.05) is 13.0 Å². The van der Waals surface area contributed by atoms with Crippen LogP contribution in [0, 0.1) is 11.2 Å². The van der Waals surface area contributed by atoms with Crippen LogP contribution < -0.4 is 4.18 Å². The fourth-order valence-corrected chi connectivity index (χ4v) is 4.00. The Morgan fingerprint density at radius 3 is 2.38 bits per heavy atom. The molecular weight excluding hydrogens is 433 g/mol. The van der Waals surface area contributed by atoms with Crippen molar-refractivity contribution in [1.29, 1.82) is 0 Å². The SMILES string of the molecule is CC(C)(C)CC(=O)N(Cc1cccc(OS(=O)(=O)c2ccc(F)cc2)c1)Cc1ccco1. The zero-order valence-electron chi connectivity index (χ0n) is 18.2. The quantitative estimate of drug-likeness (QED) is 0.435. The molecule has 170 valence electrons. The van der Waals surface area contributed by atoms with E-state index in [1.54, 1.807) is 41.5 Å². The second kappa shape index (κ2) is 9.56. The summed E-state index contributed by atoms with van der Waals surface area (Å²) in [6.07, 6.45) is 1.90. The lowest BCUT2D eigenvalue weighted by molar-refractivity contribution is -0.134. The molecule has 0 radical (unpaired) electrons. The van der Waals surface area contributed by atoms with Gasteiger partial charge in [-0.3, -0.25) is 4.79 Å². The summed E-state index contributed by atoms with van der Waals surface area (Å²) in [6, 6.07) is 14.5. The molecule has 0 saturated carbocycles. The van der Waals surface area contributed by atoms with Crippen molar-refractivity contribution < 1.29 is 26.2 Å². The fourth-order valence-electron chi connectivity index (χ4n) is 3.08. The predicted molar refractivity (Wildman–Crippen MR) is 118 cm³/mol. The Morgan fingerprint density at radius 1 is 1.03 bits per heavy atom. The number of carbonyl (C=O) groups is 1. The molecule has 3 aromatic rings. The molecule has 0 aliphatic carbocycles. The minimum atomic E-state index is -4.12. The zero-order chi connectivity index (χ0) is 23.4. The average molecular weight is 460 g/mol. The number of carbonyl (C=O) groups excluding carboxylic acids is 1. The van der Waals surface area contributed by atoms with Crippen molar-refractivity contribution in [2.75, 3.05) is 0 Å². The van der Waals surface area contributed by atoms with E-state index < -0.39 is 15.9 Å². The Kier molecular flexibility index (Phi) is 7.03. The Labute approximate surface area is 187 Å². The summed E-state index contributed by atoms with van der Waals surface area (Å²) in [5.41, 5.74) is 0.512. The summed E-state index contributed by atoms with van der Waals surface area (Å²) in [6.45, 7) is 6.52. The van der Waals surface area contributed by atoms with Crippen molar-refractivity contribution in [3.63, 3.8) is 0 Å². The van der Waals surface area contributed by atoms with Crippen LogP contribution in [0.15, 0.2) is 76.2 Å². The third-order valence-corrected chi connectivity index (χ3v) is 5.80. The molecule has 3 rings (SSSR count). The molecule has 6 nitrogen and oxygen atoms in total. The lowest BCUT2D eigenvalue weighted by Crippen LogP contribution is -2.32. The van der Waals surface area contributed by atoms with E-state index in [0.29, 0.717) is 24.3 Å². The summed E-state index contributed by atoms with van der Waals surface area (Å²) in [5.74, 6) is 0.174. The number of halogens is 1. The number of benzene rings is 2. The van der Waals surface area contributed by atoms with Crippen LogP contribution in [0.3, 0.4) is 0 Å². The van der Waals surface area contributed by atoms with Crippen LogP contribution in [0.5, 0.6) is 5.75 Å².